The van der Waals surface area contributed by atoms with E-state index in [0.717, 1.165) is 6.42 Å². The maximum absolute atomic E-state index is 11.9. The summed E-state index contributed by atoms with van der Waals surface area (Å²) in [7, 11) is 0. The number of allylic oxidation sites excluding steroid dienone is 2. The molecule has 0 spiro atoms. The summed E-state index contributed by atoms with van der Waals surface area (Å²) in [5, 5.41) is 0. The first kappa shape index (κ1) is 9.13. The summed E-state index contributed by atoms with van der Waals surface area (Å²) >= 11 is 0. The predicted molar refractivity (Wildman–Crippen MR) is 52.7 cm³/mol. The van der Waals surface area contributed by atoms with Gasteiger partial charge in [0.05, 0.1) is 10.8 Å². The molecule has 15 heavy (non-hydrogen) atoms. The van der Waals surface area contributed by atoms with Crippen LogP contribution in [0.5, 0.6) is 0 Å². The smallest absolute Gasteiger partial charge is 0.321 e. The summed E-state index contributed by atoms with van der Waals surface area (Å²) in [5.74, 6) is -0.524. The molecule has 2 bridgehead atoms. The second-order valence-corrected chi connectivity index (χ2v) is 5.59. The quantitative estimate of drug-likeness (QED) is 0.344. The molecule has 4 atom stereocenters. The minimum Gasteiger partial charge on any atom is -0.392 e. The lowest BCUT2D eigenvalue weighted by atomic mass is 9.56. The van der Waals surface area contributed by atoms with Crippen molar-refractivity contribution >= 4 is 11.9 Å². The average Bonchev–Trinajstić information content (AvgIpc) is 2.69. The maximum atomic E-state index is 11.9. The minimum atomic E-state index is -0.670. The summed E-state index contributed by atoms with van der Waals surface area (Å²) in [4.78, 5) is 23.8. The van der Waals surface area contributed by atoms with E-state index in [1.54, 1.807) is 0 Å². The van der Waals surface area contributed by atoms with Crippen LogP contribution in [0, 0.1) is 22.2 Å². The molecule has 3 rings (SSSR count). The van der Waals surface area contributed by atoms with Crippen LogP contribution in [0.25, 0.3) is 0 Å². The van der Waals surface area contributed by atoms with Crippen molar-refractivity contribution in [2.45, 2.75) is 27.2 Å². The molecule has 2 aliphatic carbocycles. The van der Waals surface area contributed by atoms with Gasteiger partial charge in [0.15, 0.2) is 0 Å². The van der Waals surface area contributed by atoms with Crippen molar-refractivity contribution in [1.29, 1.82) is 0 Å². The van der Waals surface area contributed by atoms with Crippen molar-refractivity contribution in [2.75, 3.05) is 0 Å². The number of esters is 2. The van der Waals surface area contributed by atoms with Crippen LogP contribution in [0.4, 0.5) is 0 Å². The van der Waals surface area contributed by atoms with Gasteiger partial charge in [0, 0.05) is 5.41 Å². The Kier molecular flexibility index (Phi) is 1.24. The lowest BCUT2D eigenvalue weighted by Crippen LogP contribution is -2.47. The Morgan fingerprint density at radius 3 is 2.53 bits per heavy atom. The molecule has 2 fully saturated rings. The summed E-state index contributed by atoms with van der Waals surface area (Å²) in [6.07, 6.45) is 5.04. The van der Waals surface area contributed by atoms with Crippen LogP contribution in [0.2, 0.25) is 0 Å². The Balaban J connectivity index is 2.31. The van der Waals surface area contributed by atoms with E-state index in [4.69, 9.17) is 4.74 Å². The van der Waals surface area contributed by atoms with Gasteiger partial charge >= 0.3 is 11.9 Å². The highest BCUT2D eigenvalue weighted by molar-refractivity contribution is 6.03. The molecule has 3 aliphatic rings. The van der Waals surface area contributed by atoms with Gasteiger partial charge in [-0.1, -0.05) is 19.1 Å². The molecule has 1 aliphatic heterocycles. The fourth-order valence-corrected chi connectivity index (χ4v) is 3.75. The fourth-order valence-electron chi connectivity index (χ4n) is 3.75. The van der Waals surface area contributed by atoms with E-state index in [9.17, 15) is 9.59 Å². The van der Waals surface area contributed by atoms with E-state index < -0.39 is 10.8 Å². The average molecular weight is 206 g/mol. The zero-order valence-electron chi connectivity index (χ0n) is 9.16. The first-order valence-corrected chi connectivity index (χ1v) is 5.32. The van der Waals surface area contributed by atoms with E-state index in [2.05, 4.69) is 19.1 Å². The number of rotatable bonds is 0. The Hall–Kier alpha value is -1.12. The zero-order chi connectivity index (χ0) is 11.1. The maximum Gasteiger partial charge on any atom is 0.321 e. The normalized spacial score (nSPS) is 56.1. The van der Waals surface area contributed by atoms with E-state index in [-0.39, 0.29) is 23.3 Å². The Bertz CT molecular complexity index is 425. The molecule has 0 N–H and O–H groups in total. The molecule has 1 saturated carbocycles. The van der Waals surface area contributed by atoms with Gasteiger partial charge in [-0.25, -0.2) is 0 Å². The van der Waals surface area contributed by atoms with Gasteiger partial charge in [-0.2, -0.15) is 0 Å². The third-order valence-corrected chi connectivity index (χ3v) is 5.28. The predicted octanol–water partition coefficient (Wildman–Crippen LogP) is 1.68. The minimum absolute atomic E-state index is 0.159. The highest BCUT2D eigenvalue weighted by atomic mass is 16.6. The molecule has 3 nitrogen and oxygen atoms in total. The van der Waals surface area contributed by atoms with Crippen LogP contribution < -0.4 is 0 Å². The van der Waals surface area contributed by atoms with Gasteiger partial charge in [-0.15, -0.1) is 0 Å². The van der Waals surface area contributed by atoms with Crippen molar-refractivity contribution in [3.05, 3.63) is 12.2 Å². The van der Waals surface area contributed by atoms with Crippen LogP contribution in [0.15, 0.2) is 12.2 Å². The number of cyclic esters (lactones) is 2. The van der Waals surface area contributed by atoms with Gasteiger partial charge in [0.1, 0.15) is 0 Å². The van der Waals surface area contributed by atoms with Gasteiger partial charge < -0.3 is 4.74 Å². The van der Waals surface area contributed by atoms with Crippen molar-refractivity contribution in [1.82, 2.24) is 0 Å². The highest BCUT2D eigenvalue weighted by Gasteiger charge is 2.78. The van der Waals surface area contributed by atoms with Crippen molar-refractivity contribution in [3.63, 3.8) is 0 Å². The topological polar surface area (TPSA) is 43.4 Å². The largest absolute Gasteiger partial charge is 0.392 e. The molecule has 0 aromatic rings. The van der Waals surface area contributed by atoms with Crippen molar-refractivity contribution in [3.8, 4) is 0 Å². The molecule has 0 aromatic heterocycles. The lowest BCUT2D eigenvalue weighted by Gasteiger charge is -2.40. The molecule has 1 saturated heterocycles. The van der Waals surface area contributed by atoms with Crippen LogP contribution in [0.3, 0.4) is 0 Å². The molecule has 4 unspecified atom stereocenters. The standard InChI is InChI=1S/C12H14O3/c1-10-5-4-7(6-10)11(2)8(13)15-9(14)12(10,11)3/h4-5,7H,6H2,1-3H3. The monoisotopic (exact) mass is 206 g/mol. The lowest BCUT2D eigenvalue weighted by molar-refractivity contribution is -0.157. The molecular formula is C12H14O3. The van der Waals surface area contributed by atoms with E-state index in [1.165, 1.54) is 0 Å². The molecule has 3 heteroatoms. The third-order valence-electron chi connectivity index (χ3n) is 5.28. The fraction of sp³-hybridized carbons (Fsp3) is 0.667. The Morgan fingerprint density at radius 2 is 1.93 bits per heavy atom. The van der Waals surface area contributed by atoms with E-state index in [1.807, 2.05) is 13.8 Å². The van der Waals surface area contributed by atoms with E-state index >= 15 is 0 Å². The first-order valence-electron chi connectivity index (χ1n) is 5.32. The molecule has 0 aromatic carbocycles. The molecule has 80 valence electrons. The third kappa shape index (κ3) is 0.613. The molecule has 0 amide bonds. The zero-order valence-corrected chi connectivity index (χ0v) is 9.16. The summed E-state index contributed by atoms with van der Waals surface area (Å²) in [6, 6.07) is 0. The number of fused-ring (bicyclic) bond motifs is 5. The summed E-state index contributed by atoms with van der Waals surface area (Å²) in [5.41, 5.74) is -1.53. The number of ether oxygens (including phenoxy) is 1. The summed E-state index contributed by atoms with van der Waals surface area (Å²) < 4.78 is 4.86. The van der Waals surface area contributed by atoms with E-state index in [0.29, 0.717) is 0 Å². The second kappa shape index (κ2) is 2.04. The van der Waals surface area contributed by atoms with Crippen LogP contribution >= 0.6 is 0 Å². The first-order chi connectivity index (χ1) is 6.86. The van der Waals surface area contributed by atoms with Crippen molar-refractivity contribution in [2.24, 2.45) is 22.2 Å². The number of hydrogen-bond acceptors (Lipinski definition) is 3. The highest BCUT2D eigenvalue weighted by Crippen LogP contribution is 2.72. The number of hydrogen-bond donors (Lipinski definition) is 0. The van der Waals surface area contributed by atoms with Gasteiger partial charge in [-0.05, 0) is 26.2 Å². The SMILES string of the molecule is CC12C=CC(C1)C1(C)C(=O)OC(=O)C21C. The molecular weight excluding hydrogens is 192 g/mol. The van der Waals surface area contributed by atoms with Crippen LogP contribution in [-0.2, 0) is 14.3 Å². The van der Waals surface area contributed by atoms with Gasteiger partial charge in [0.25, 0.3) is 0 Å². The second-order valence-electron chi connectivity index (χ2n) is 5.59. The van der Waals surface area contributed by atoms with Crippen LogP contribution in [-0.4, -0.2) is 11.9 Å². The van der Waals surface area contributed by atoms with Crippen molar-refractivity contribution < 1.29 is 14.3 Å². The Labute approximate surface area is 88.5 Å². The van der Waals surface area contributed by atoms with Gasteiger partial charge in [-0.3, -0.25) is 9.59 Å². The summed E-state index contributed by atoms with van der Waals surface area (Å²) in [6.45, 7) is 5.80. The Morgan fingerprint density at radius 1 is 1.27 bits per heavy atom. The van der Waals surface area contributed by atoms with Gasteiger partial charge in [0.2, 0.25) is 0 Å². The number of carbonyl (C=O) groups excluding carboxylic acids is 2. The number of carbonyl (C=O) groups is 2. The van der Waals surface area contributed by atoms with Crippen LogP contribution in [0.1, 0.15) is 27.2 Å². The molecule has 1 heterocycles. The molecule has 0 radical (unpaired) electrons.